The van der Waals surface area contributed by atoms with Gasteiger partial charge in [-0.25, -0.2) is 12.7 Å². The minimum absolute atomic E-state index is 0.247. The third-order valence-corrected chi connectivity index (χ3v) is 6.89. The first kappa shape index (κ1) is 20.9. The van der Waals surface area contributed by atoms with Gasteiger partial charge in [0.05, 0.1) is 6.26 Å². The number of nitrogens with zero attached hydrogens (tertiary/aromatic N) is 3. The first-order valence-corrected chi connectivity index (χ1v) is 11.9. The van der Waals surface area contributed by atoms with Crippen LogP contribution in [0.25, 0.3) is 0 Å². The van der Waals surface area contributed by atoms with Crippen molar-refractivity contribution >= 4 is 16.0 Å². The van der Waals surface area contributed by atoms with Crippen molar-refractivity contribution in [1.82, 2.24) is 14.5 Å². The molecule has 7 nitrogen and oxygen atoms in total. The van der Waals surface area contributed by atoms with E-state index in [0.29, 0.717) is 19.0 Å². The van der Waals surface area contributed by atoms with Crippen molar-refractivity contribution in [3.63, 3.8) is 0 Å². The average Bonchev–Trinajstić information content (AvgIpc) is 2.70. The van der Waals surface area contributed by atoms with Crippen LogP contribution in [0, 0.1) is 5.92 Å². The Kier molecular flexibility index (Phi) is 7.18. The van der Waals surface area contributed by atoms with E-state index in [2.05, 4.69) is 15.2 Å². The van der Waals surface area contributed by atoms with E-state index in [1.54, 1.807) is 4.31 Å². The first-order chi connectivity index (χ1) is 13.5. The normalized spacial score (nSPS) is 20.9. The van der Waals surface area contributed by atoms with E-state index in [-0.39, 0.29) is 6.10 Å². The number of likely N-dealkylation sites (tertiary alicyclic amines) is 1. The number of piperidine rings is 2. The molecule has 2 aliphatic heterocycles. The lowest BCUT2D eigenvalue weighted by Crippen LogP contribution is -2.49. The van der Waals surface area contributed by atoms with Gasteiger partial charge < -0.3 is 15.0 Å². The Hall–Kier alpha value is -1.80. The molecule has 0 saturated carbocycles. The summed E-state index contributed by atoms with van der Waals surface area (Å²) < 4.78 is 30.9. The van der Waals surface area contributed by atoms with Gasteiger partial charge in [0, 0.05) is 52.6 Å². The fourth-order valence-electron chi connectivity index (χ4n) is 3.89. The molecule has 1 aromatic carbocycles. The molecule has 2 fully saturated rings. The number of para-hydroxylation sites is 1. The lowest BCUT2D eigenvalue weighted by molar-refractivity contribution is 0.129. The highest BCUT2D eigenvalue weighted by atomic mass is 32.2. The van der Waals surface area contributed by atoms with Crippen LogP contribution in [0.15, 0.2) is 35.3 Å². The molecule has 1 N–H and O–H groups in total. The number of hydrogen-bond acceptors (Lipinski definition) is 4. The van der Waals surface area contributed by atoms with Gasteiger partial charge in [0.25, 0.3) is 0 Å². The molecule has 0 aromatic heterocycles. The summed E-state index contributed by atoms with van der Waals surface area (Å²) in [7, 11) is -1.24. The Morgan fingerprint density at radius 2 is 1.75 bits per heavy atom. The Labute approximate surface area is 168 Å². The van der Waals surface area contributed by atoms with E-state index in [0.717, 1.165) is 57.0 Å². The molecule has 0 radical (unpaired) electrons. The second kappa shape index (κ2) is 9.60. The molecule has 156 valence electrons. The summed E-state index contributed by atoms with van der Waals surface area (Å²) >= 11 is 0. The number of ether oxygens (including phenoxy) is 1. The summed E-state index contributed by atoms with van der Waals surface area (Å²) in [5, 5.41) is 3.49. The molecule has 0 amide bonds. The van der Waals surface area contributed by atoms with Crippen LogP contribution < -0.4 is 10.1 Å². The third-order valence-electron chi connectivity index (χ3n) is 5.59. The van der Waals surface area contributed by atoms with E-state index in [1.165, 1.54) is 6.26 Å². The molecule has 3 rings (SSSR count). The SMILES string of the molecule is CN=C(NCC1CCN(S(C)(=O)=O)CC1)N1CCC(Oc2ccccc2)CC1. The maximum atomic E-state index is 11.6. The monoisotopic (exact) mass is 408 g/mol. The van der Waals surface area contributed by atoms with Gasteiger partial charge in [-0.1, -0.05) is 18.2 Å². The number of hydrogen-bond donors (Lipinski definition) is 1. The van der Waals surface area contributed by atoms with Gasteiger partial charge in [0.1, 0.15) is 11.9 Å². The van der Waals surface area contributed by atoms with E-state index in [4.69, 9.17) is 4.74 Å². The van der Waals surface area contributed by atoms with Crippen LogP contribution in [0.2, 0.25) is 0 Å². The van der Waals surface area contributed by atoms with Crippen molar-refractivity contribution in [1.29, 1.82) is 0 Å². The second-order valence-corrected chi connectivity index (χ2v) is 9.63. The molecule has 0 bridgehead atoms. The summed E-state index contributed by atoms with van der Waals surface area (Å²) in [4.78, 5) is 6.73. The van der Waals surface area contributed by atoms with Gasteiger partial charge in [-0.2, -0.15) is 0 Å². The minimum Gasteiger partial charge on any atom is -0.490 e. The van der Waals surface area contributed by atoms with Gasteiger partial charge in [-0.05, 0) is 30.9 Å². The number of benzene rings is 1. The zero-order valence-corrected chi connectivity index (χ0v) is 17.7. The molecule has 0 spiro atoms. The first-order valence-electron chi connectivity index (χ1n) is 10.1. The summed E-state index contributed by atoms with van der Waals surface area (Å²) in [6, 6.07) is 9.99. The Balaban J connectivity index is 1.40. The Morgan fingerprint density at radius 3 is 2.32 bits per heavy atom. The summed E-state index contributed by atoms with van der Waals surface area (Å²) in [6.07, 6.45) is 5.27. The van der Waals surface area contributed by atoms with Crippen molar-refractivity contribution in [2.45, 2.75) is 31.8 Å². The lowest BCUT2D eigenvalue weighted by atomic mass is 9.98. The molecule has 2 saturated heterocycles. The largest absolute Gasteiger partial charge is 0.490 e. The quantitative estimate of drug-likeness (QED) is 0.594. The number of sulfonamides is 1. The van der Waals surface area contributed by atoms with Gasteiger partial charge >= 0.3 is 0 Å². The minimum atomic E-state index is -3.06. The van der Waals surface area contributed by atoms with E-state index in [9.17, 15) is 8.42 Å². The Morgan fingerprint density at radius 1 is 1.11 bits per heavy atom. The van der Waals surface area contributed by atoms with Crippen LogP contribution in [0.3, 0.4) is 0 Å². The second-order valence-electron chi connectivity index (χ2n) is 7.65. The highest BCUT2D eigenvalue weighted by Gasteiger charge is 2.26. The molecular weight excluding hydrogens is 376 g/mol. The summed E-state index contributed by atoms with van der Waals surface area (Å²) in [5.41, 5.74) is 0. The number of nitrogens with one attached hydrogen (secondary N) is 1. The van der Waals surface area contributed by atoms with Gasteiger partial charge in [0.15, 0.2) is 5.96 Å². The molecular formula is C20H32N4O3S. The molecule has 2 aliphatic rings. The lowest BCUT2D eigenvalue weighted by Gasteiger charge is -2.35. The predicted molar refractivity (Wildman–Crippen MR) is 112 cm³/mol. The van der Waals surface area contributed by atoms with Crippen LogP contribution in [0.4, 0.5) is 0 Å². The molecule has 2 heterocycles. The maximum Gasteiger partial charge on any atom is 0.211 e. The zero-order chi connectivity index (χ0) is 20.0. The fourth-order valence-corrected chi connectivity index (χ4v) is 4.76. The smallest absolute Gasteiger partial charge is 0.211 e. The van der Waals surface area contributed by atoms with Crippen LogP contribution in [0.5, 0.6) is 5.75 Å². The van der Waals surface area contributed by atoms with Crippen LogP contribution in [0.1, 0.15) is 25.7 Å². The average molecular weight is 409 g/mol. The van der Waals surface area contributed by atoms with Crippen molar-refractivity contribution in [2.75, 3.05) is 46.0 Å². The fraction of sp³-hybridized carbons (Fsp3) is 0.650. The number of aliphatic imine (C=N–C) groups is 1. The van der Waals surface area contributed by atoms with Crippen LogP contribution in [-0.4, -0.2) is 75.7 Å². The van der Waals surface area contributed by atoms with E-state index < -0.39 is 10.0 Å². The molecule has 28 heavy (non-hydrogen) atoms. The van der Waals surface area contributed by atoms with Crippen LogP contribution >= 0.6 is 0 Å². The van der Waals surface area contributed by atoms with Crippen molar-refractivity contribution < 1.29 is 13.2 Å². The van der Waals surface area contributed by atoms with E-state index >= 15 is 0 Å². The van der Waals surface area contributed by atoms with Crippen LogP contribution in [-0.2, 0) is 10.0 Å². The molecule has 8 heteroatoms. The molecule has 0 unspecified atom stereocenters. The van der Waals surface area contributed by atoms with Gasteiger partial charge in [-0.3, -0.25) is 4.99 Å². The van der Waals surface area contributed by atoms with Crippen molar-refractivity contribution in [3.8, 4) is 5.75 Å². The Bertz CT molecular complexity index is 738. The zero-order valence-electron chi connectivity index (χ0n) is 16.9. The predicted octanol–water partition coefficient (Wildman–Crippen LogP) is 1.78. The number of rotatable bonds is 5. The van der Waals surface area contributed by atoms with E-state index in [1.807, 2.05) is 37.4 Å². The highest BCUT2D eigenvalue weighted by molar-refractivity contribution is 7.88. The third kappa shape index (κ3) is 5.85. The van der Waals surface area contributed by atoms with Gasteiger partial charge in [0.2, 0.25) is 10.0 Å². The molecule has 0 atom stereocenters. The maximum absolute atomic E-state index is 11.6. The van der Waals surface area contributed by atoms with Gasteiger partial charge in [-0.15, -0.1) is 0 Å². The standard InChI is InChI=1S/C20H32N4O3S/c1-21-20(22-16-17-8-14-24(15-9-17)28(2,25)26)23-12-10-19(11-13-23)27-18-6-4-3-5-7-18/h3-7,17,19H,8-16H2,1-2H3,(H,21,22). The molecule has 0 aliphatic carbocycles. The van der Waals surface area contributed by atoms with Crippen molar-refractivity contribution in [3.05, 3.63) is 30.3 Å². The number of guanidine groups is 1. The highest BCUT2D eigenvalue weighted by Crippen LogP contribution is 2.20. The van der Waals surface area contributed by atoms with Crippen molar-refractivity contribution in [2.24, 2.45) is 10.9 Å². The topological polar surface area (TPSA) is 74.2 Å². The summed E-state index contributed by atoms with van der Waals surface area (Å²) in [5.74, 6) is 2.35. The summed E-state index contributed by atoms with van der Waals surface area (Å²) in [6.45, 7) is 3.91. The molecule has 1 aromatic rings.